The van der Waals surface area contributed by atoms with E-state index in [-0.39, 0.29) is 11.6 Å². The monoisotopic (exact) mass is 474 g/mol. The van der Waals surface area contributed by atoms with E-state index in [9.17, 15) is 9.59 Å². The highest BCUT2D eigenvalue weighted by molar-refractivity contribution is 6.28. The van der Waals surface area contributed by atoms with Crippen LogP contribution in [0, 0.1) is 0 Å². The SMILES string of the molecule is O=C1c2ccccc2-c2c(Oc3ccc4cccc5c4c3-c3ccccc3C5=O)ccc3cccc1c23. The molecule has 3 nitrogen and oxygen atoms in total. The van der Waals surface area contributed by atoms with Gasteiger partial charge in [0.25, 0.3) is 0 Å². The van der Waals surface area contributed by atoms with E-state index >= 15 is 0 Å². The number of ether oxygens (including phenoxy) is 1. The second-order valence-corrected chi connectivity index (χ2v) is 9.54. The second-order valence-electron chi connectivity index (χ2n) is 9.54. The predicted octanol–water partition coefficient (Wildman–Crippen LogP) is 8.21. The van der Waals surface area contributed by atoms with Gasteiger partial charge in [-0.15, -0.1) is 0 Å². The number of hydrogen-bond donors (Lipinski definition) is 0. The molecule has 0 atom stereocenters. The fraction of sp³-hybridized carbons (Fsp3) is 0. The normalized spacial score (nSPS) is 13.0. The Morgan fingerprint density at radius 2 is 0.784 bits per heavy atom. The van der Waals surface area contributed by atoms with Gasteiger partial charge in [0, 0.05) is 44.2 Å². The van der Waals surface area contributed by atoms with Crippen molar-refractivity contribution < 1.29 is 14.3 Å². The summed E-state index contributed by atoms with van der Waals surface area (Å²) in [7, 11) is 0. The summed E-state index contributed by atoms with van der Waals surface area (Å²) >= 11 is 0. The first-order valence-corrected chi connectivity index (χ1v) is 12.3. The minimum absolute atomic E-state index is 0.0312. The summed E-state index contributed by atoms with van der Waals surface area (Å²) in [6.07, 6.45) is 0. The third-order valence-electron chi connectivity index (χ3n) is 7.61. The zero-order chi connectivity index (χ0) is 24.7. The third kappa shape index (κ3) is 2.66. The Bertz CT molecular complexity index is 1850. The van der Waals surface area contributed by atoms with Gasteiger partial charge in [-0.05, 0) is 34.0 Å². The van der Waals surface area contributed by atoms with Crippen molar-refractivity contribution in [3.8, 4) is 33.8 Å². The lowest BCUT2D eigenvalue weighted by Gasteiger charge is -2.25. The van der Waals surface area contributed by atoms with Gasteiger partial charge >= 0.3 is 0 Å². The molecular formula is C34H18O3. The van der Waals surface area contributed by atoms with E-state index in [4.69, 9.17) is 4.74 Å². The lowest BCUT2D eigenvalue weighted by atomic mass is 9.82. The molecule has 6 aromatic carbocycles. The number of hydrogen-bond acceptors (Lipinski definition) is 3. The van der Waals surface area contributed by atoms with Crippen LogP contribution < -0.4 is 4.74 Å². The molecule has 37 heavy (non-hydrogen) atoms. The second kappa shape index (κ2) is 7.25. The standard InChI is InChI=1S/C34H18O3/c35-33-23-11-3-1-9-21(23)31-27(17-15-19-7-5-13-25(33)29(19)31)37-28-18-16-20-8-6-14-26-30(20)32(28)22-10-2-4-12-24(22)34(26)36/h1-18H. The lowest BCUT2D eigenvalue weighted by Crippen LogP contribution is -2.11. The van der Waals surface area contributed by atoms with Crippen molar-refractivity contribution >= 4 is 33.1 Å². The van der Waals surface area contributed by atoms with Gasteiger partial charge in [0.1, 0.15) is 11.5 Å². The molecule has 172 valence electrons. The molecule has 0 aliphatic heterocycles. The van der Waals surface area contributed by atoms with Crippen molar-refractivity contribution in [2.45, 2.75) is 0 Å². The van der Waals surface area contributed by atoms with E-state index in [0.717, 1.165) is 43.8 Å². The number of carbonyl (C=O) groups is 2. The van der Waals surface area contributed by atoms with Crippen LogP contribution in [0.4, 0.5) is 0 Å². The van der Waals surface area contributed by atoms with Gasteiger partial charge in [-0.1, -0.05) is 97.1 Å². The van der Waals surface area contributed by atoms with E-state index in [0.29, 0.717) is 33.8 Å². The zero-order valence-corrected chi connectivity index (χ0v) is 19.6. The molecule has 0 N–H and O–H groups in total. The first kappa shape index (κ1) is 20.2. The highest BCUT2D eigenvalue weighted by Crippen LogP contribution is 2.49. The average Bonchev–Trinajstić information content (AvgIpc) is 2.95. The molecule has 0 aromatic heterocycles. The molecule has 0 amide bonds. The van der Waals surface area contributed by atoms with Crippen LogP contribution in [0.3, 0.4) is 0 Å². The maximum absolute atomic E-state index is 13.4. The Morgan fingerprint density at radius 3 is 1.24 bits per heavy atom. The van der Waals surface area contributed by atoms with Crippen LogP contribution in [0.1, 0.15) is 31.8 Å². The summed E-state index contributed by atoms with van der Waals surface area (Å²) in [6.45, 7) is 0. The zero-order valence-electron chi connectivity index (χ0n) is 19.6. The van der Waals surface area contributed by atoms with Crippen molar-refractivity contribution in [2.24, 2.45) is 0 Å². The molecular weight excluding hydrogens is 456 g/mol. The van der Waals surface area contributed by atoms with E-state index in [1.807, 2.05) is 109 Å². The molecule has 0 saturated carbocycles. The van der Waals surface area contributed by atoms with Crippen LogP contribution in [-0.4, -0.2) is 11.6 Å². The summed E-state index contributed by atoms with van der Waals surface area (Å²) in [4.78, 5) is 26.7. The molecule has 6 aromatic rings. The highest BCUT2D eigenvalue weighted by Gasteiger charge is 2.30. The van der Waals surface area contributed by atoms with Gasteiger partial charge in [-0.25, -0.2) is 0 Å². The van der Waals surface area contributed by atoms with Gasteiger partial charge in [-0.2, -0.15) is 0 Å². The van der Waals surface area contributed by atoms with E-state index in [1.54, 1.807) is 0 Å². The van der Waals surface area contributed by atoms with E-state index in [2.05, 4.69) is 0 Å². The molecule has 3 heteroatoms. The van der Waals surface area contributed by atoms with Crippen LogP contribution >= 0.6 is 0 Å². The molecule has 0 saturated heterocycles. The van der Waals surface area contributed by atoms with Crippen LogP contribution in [0.2, 0.25) is 0 Å². The molecule has 8 rings (SSSR count). The molecule has 2 aliphatic carbocycles. The van der Waals surface area contributed by atoms with Crippen LogP contribution in [0.5, 0.6) is 11.5 Å². The Morgan fingerprint density at radius 1 is 0.378 bits per heavy atom. The van der Waals surface area contributed by atoms with Crippen molar-refractivity contribution in [3.63, 3.8) is 0 Å². The third-order valence-corrected chi connectivity index (χ3v) is 7.61. The summed E-state index contributed by atoms with van der Waals surface area (Å²) in [6, 6.07) is 35.1. The molecule has 0 spiro atoms. The van der Waals surface area contributed by atoms with E-state index < -0.39 is 0 Å². The lowest BCUT2D eigenvalue weighted by molar-refractivity contribution is 0.103. The van der Waals surface area contributed by atoms with Crippen LogP contribution in [0.25, 0.3) is 43.8 Å². The number of carbonyl (C=O) groups excluding carboxylic acids is 2. The van der Waals surface area contributed by atoms with Gasteiger partial charge in [0.2, 0.25) is 0 Å². The van der Waals surface area contributed by atoms with Gasteiger partial charge in [-0.3, -0.25) is 9.59 Å². The van der Waals surface area contributed by atoms with Gasteiger partial charge < -0.3 is 4.74 Å². The largest absolute Gasteiger partial charge is 0.456 e. The summed E-state index contributed by atoms with van der Waals surface area (Å²) < 4.78 is 6.78. The Labute approximate surface area is 212 Å². The van der Waals surface area contributed by atoms with Gasteiger partial charge in [0.05, 0.1) is 0 Å². The Hall–Kier alpha value is -5.02. The molecule has 0 unspecified atom stereocenters. The van der Waals surface area contributed by atoms with Crippen LogP contribution in [-0.2, 0) is 0 Å². The first-order valence-electron chi connectivity index (χ1n) is 12.3. The molecule has 0 fully saturated rings. The predicted molar refractivity (Wildman–Crippen MR) is 146 cm³/mol. The van der Waals surface area contributed by atoms with Gasteiger partial charge in [0.15, 0.2) is 11.6 Å². The number of ketones is 2. The number of benzene rings is 6. The molecule has 0 radical (unpaired) electrons. The molecule has 0 bridgehead atoms. The average molecular weight is 475 g/mol. The van der Waals surface area contributed by atoms with Crippen molar-refractivity contribution in [1.82, 2.24) is 0 Å². The van der Waals surface area contributed by atoms with Crippen LogP contribution in [0.15, 0.2) is 109 Å². The maximum Gasteiger partial charge on any atom is 0.194 e. The van der Waals surface area contributed by atoms with Crippen molar-refractivity contribution in [1.29, 1.82) is 0 Å². The Kier molecular flexibility index (Phi) is 3.96. The fourth-order valence-electron chi connectivity index (χ4n) is 6.01. The summed E-state index contributed by atoms with van der Waals surface area (Å²) in [5.74, 6) is 1.43. The summed E-state index contributed by atoms with van der Waals surface area (Å²) in [5, 5.41) is 3.82. The number of fused-ring (bicyclic) bond motifs is 4. The minimum Gasteiger partial charge on any atom is -0.456 e. The highest BCUT2D eigenvalue weighted by atomic mass is 16.5. The minimum atomic E-state index is 0.0312. The quantitative estimate of drug-likeness (QED) is 0.254. The van der Waals surface area contributed by atoms with Crippen molar-refractivity contribution in [3.05, 3.63) is 131 Å². The molecule has 2 aliphatic rings. The fourth-order valence-corrected chi connectivity index (χ4v) is 6.01. The maximum atomic E-state index is 13.4. The number of rotatable bonds is 2. The summed E-state index contributed by atoms with van der Waals surface area (Å²) in [5.41, 5.74) is 6.32. The van der Waals surface area contributed by atoms with E-state index in [1.165, 1.54) is 0 Å². The topological polar surface area (TPSA) is 43.4 Å². The molecule has 0 heterocycles. The Balaban J connectivity index is 1.43. The first-order chi connectivity index (χ1) is 18.2. The van der Waals surface area contributed by atoms with Crippen molar-refractivity contribution in [2.75, 3.05) is 0 Å². The smallest absolute Gasteiger partial charge is 0.194 e.